The normalized spacial score (nSPS) is 21.6. The summed E-state index contributed by atoms with van der Waals surface area (Å²) in [6, 6.07) is 7.11. The van der Waals surface area contributed by atoms with Crippen LogP contribution in [-0.4, -0.2) is 29.8 Å². The summed E-state index contributed by atoms with van der Waals surface area (Å²) >= 11 is 0. The van der Waals surface area contributed by atoms with E-state index in [-0.39, 0.29) is 28.7 Å². The molecule has 2 fully saturated rings. The fourth-order valence-corrected chi connectivity index (χ4v) is 3.60. The predicted molar refractivity (Wildman–Crippen MR) is 97.5 cm³/mol. The van der Waals surface area contributed by atoms with Gasteiger partial charge in [-0.2, -0.15) is 13.2 Å². The quantitative estimate of drug-likeness (QED) is 0.792. The molecule has 4 rings (SSSR count). The van der Waals surface area contributed by atoms with Crippen LogP contribution >= 0.6 is 0 Å². The first-order chi connectivity index (χ1) is 13.3. The monoisotopic (exact) mass is 393 g/mol. The first-order valence-electron chi connectivity index (χ1n) is 9.43. The van der Waals surface area contributed by atoms with E-state index >= 15 is 0 Å². The number of rotatable bonds is 6. The predicted octanol–water partition coefficient (Wildman–Crippen LogP) is 4.37. The van der Waals surface area contributed by atoms with E-state index in [1.807, 2.05) is 6.07 Å². The number of hydrogen-bond acceptors (Lipinski definition) is 4. The summed E-state index contributed by atoms with van der Waals surface area (Å²) in [6.07, 6.45) is -1.52. The van der Waals surface area contributed by atoms with E-state index in [1.54, 1.807) is 12.1 Å². The number of nitrogens with one attached hydrogen (secondary N) is 1. The zero-order chi connectivity index (χ0) is 20.1. The van der Waals surface area contributed by atoms with Crippen LogP contribution in [0.25, 0.3) is 0 Å². The summed E-state index contributed by atoms with van der Waals surface area (Å²) < 4.78 is 44.9. The average Bonchev–Trinajstić information content (AvgIpc) is 3.55. The number of amides is 1. The summed E-state index contributed by atoms with van der Waals surface area (Å²) in [4.78, 5) is 12.9. The molecule has 5 nitrogen and oxygen atoms in total. The molecule has 2 aliphatic carbocycles. The number of alkyl halides is 3. The van der Waals surface area contributed by atoms with Gasteiger partial charge in [-0.15, -0.1) is 0 Å². The lowest BCUT2D eigenvalue weighted by molar-refractivity contribution is -0.169. The van der Waals surface area contributed by atoms with Crippen molar-refractivity contribution in [2.75, 3.05) is 11.4 Å². The van der Waals surface area contributed by atoms with Crippen molar-refractivity contribution in [3.8, 4) is 0 Å². The van der Waals surface area contributed by atoms with Gasteiger partial charge in [0.05, 0.1) is 0 Å². The standard InChI is InChI=1S/C20H22F3N3O2/c1-11-18(12(2)28-25-11)26(19(27)20(21,22)23)15-5-3-4-14(8-15)16-9-17(16)24-10-13-6-7-13/h3-5,8,13,16-17,24H,6-7,9-10H2,1-2H3. The first-order valence-corrected chi connectivity index (χ1v) is 9.43. The zero-order valence-corrected chi connectivity index (χ0v) is 15.7. The van der Waals surface area contributed by atoms with Crippen LogP contribution in [0.15, 0.2) is 28.8 Å². The maximum absolute atomic E-state index is 13.3. The van der Waals surface area contributed by atoms with Crippen molar-refractivity contribution < 1.29 is 22.5 Å². The van der Waals surface area contributed by atoms with Crippen molar-refractivity contribution in [3.05, 3.63) is 41.3 Å². The summed E-state index contributed by atoms with van der Waals surface area (Å²) in [5.41, 5.74) is 1.37. The summed E-state index contributed by atoms with van der Waals surface area (Å²) in [7, 11) is 0. The van der Waals surface area contributed by atoms with Crippen LogP contribution in [0.1, 0.15) is 42.2 Å². The minimum Gasteiger partial charge on any atom is -0.359 e. The minimum atomic E-state index is -5.01. The van der Waals surface area contributed by atoms with Gasteiger partial charge in [-0.05, 0) is 63.3 Å². The molecule has 2 aromatic rings. The van der Waals surface area contributed by atoms with Gasteiger partial charge in [-0.1, -0.05) is 17.3 Å². The molecule has 8 heteroatoms. The second kappa shape index (κ2) is 6.92. The topological polar surface area (TPSA) is 58.4 Å². The average molecular weight is 393 g/mol. The molecule has 1 aromatic heterocycles. The van der Waals surface area contributed by atoms with Crippen LogP contribution in [0.5, 0.6) is 0 Å². The molecule has 0 spiro atoms. The second-order valence-electron chi connectivity index (χ2n) is 7.71. The minimum absolute atomic E-state index is 0.0404. The Hall–Kier alpha value is -2.35. The number of carbonyl (C=O) groups excluding carboxylic acids is 1. The number of aryl methyl sites for hydroxylation is 2. The molecule has 0 radical (unpaired) electrons. The van der Waals surface area contributed by atoms with Crippen LogP contribution in [0.3, 0.4) is 0 Å². The molecule has 0 saturated heterocycles. The Labute approximate surface area is 160 Å². The third-order valence-electron chi connectivity index (χ3n) is 5.38. The van der Waals surface area contributed by atoms with Gasteiger partial charge < -0.3 is 9.84 Å². The van der Waals surface area contributed by atoms with Gasteiger partial charge in [-0.25, -0.2) is 0 Å². The number of carbonyl (C=O) groups is 1. The van der Waals surface area contributed by atoms with E-state index in [0.29, 0.717) is 10.9 Å². The number of aromatic nitrogens is 1. The van der Waals surface area contributed by atoms with Crippen molar-refractivity contribution in [1.82, 2.24) is 10.5 Å². The fraction of sp³-hybridized carbons (Fsp3) is 0.500. The smallest absolute Gasteiger partial charge is 0.359 e. The third-order valence-corrected chi connectivity index (χ3v) is 5.38. The van der Waals surface area contributed by atoms with Gasteiger partial charge in [0, 0.05) is 17.6 Å². The molecule has 1 N–H and O–H groups in total. The molecule has 2 saturated carbocycles. The molecule has 2 aliphatic rings. The van der Waals surface area contributed by atoms with E-state index in [4.69, 9.17) is 4.52 Å². The van der Waals surface area contributed by atoms with E-state index < -0.39 is 12.1 Å². The lowest BCUT2D eigenvalue weighted by atomic mass is 10.1. The van der Waals surface area contributed by atoms with Gasteiger partial charge in [-0.3, -0.25) is 9.69 Å². The lowest BCUT2D eigenvalue weighted by Gasteiger charge is -2.24. The highest BCUT2D eigenvalue weighted by Gasteiger charge is 2.46. The Morgan fingerprint density at radius 2 is 2.07 bits per heavy atom. The van der Waals surface area contributed by atoms with Crippen molar-refractivity contribution in [3.63, 3.8) is 0 Å². The third kappa shape index (κ3) is 3.78. The Bertz CT molecular complexity index is 870. The molecule has 150 valence electrons. The van der Waals surface area contributed by atoms with Crippen LogP contribution in [-0.2, 0) is 4.79 Å². The lowest BCUT2D eigenvalue weighted by Crippen LogP contribution is -2.38. The highest BCUT2D eigenvalue weighted by molar-refractivity contribution is 6.04. The Balaban J connectivity index is 1.62. The van der Waals surface area contributed by atoms with Gasteiger partial charge in [0.2, 0.25) is 0 Å². The van der Waals surface area contributed by atoms with Crippen molar-refractivity contribution in [2.24, 2.45) is 5.92 Å². The van der Waals surface area contributed by atoms with Crippen LogP contribution in [0, 0.1) is 19.8 Å². The Kier molecular flexibility index (Phi) is 4.69. The molecular formula is C20H22F3N3O2. The molecule has 1 amide bonds. The van der Waals surface area contributed by atoms with E-state index in [2.05, 4.69) is 10.5 Å². The van der Waals surface area contributed by atoms with Crippen LogP contribution < -0.4 is 10.2 Å². The first kappa shape index (κ1) is 19.0. The van der Waals surface area contributed by atoms with Crippen molar-refractivity contribution >= 4 is 17.3 Å². The van der Waals surface area contributed by atoms with E-state index in [1.165, 1.54) is 32.8 Å². The number of hydrogen-bond donors (Lipinski definition) is 1. The molecule has 0 bridgehead atoms. The molecule has 2 atom stereocenters. The SMILES string of the molecule is Cc1noc(C)c1N(C(=O)C(F)(F)F)c1cccc(C2CC2NCC2CC2)c1. The molecule has 2 unspecified atom stereocenters. The van der Waals surface area contributed by atoms with Crippen LogP contribution in [0.2, 0.25) is 0 Å². The van der Waals surface area contributed by atoms with Gasteiger partial charge in [0.25, 0.3) is 0 Å². The number of halogens is 3. The maximum Gasteiger partial charge on any atom is 0.472 e. The van der Waals surface area contributed by atoms with Crippen molar-refractivity contribution in [1.29, 1.82) is 0 Å². The van der Waals surface area contributed by atoms with Gasteiger partial charge >= 0.3 is 12.1 Å². The zero-order valence-electron chi connectivity index (χ0n) is 15.7. The van der Waals surface area contributed by atoms with E-state index in [9.17, 15) is 18.0 Å². The molecule has 1 heterocycles. The maximum atomic E-state index is 13.3. The molecular weight excluding hydrogens is 371 g/mol. The van der Waals surface area contributed by atoms with Gasteiger partial charge in [0.1, 0.15) is 11.4 Å². The molecule has 0 aliphatic heterocycles. The van der Waals surface area contributed by atoms with Crippen LogP contribution in [0.4, 0.5) is 24.5 Å². The Morgan fingerprint density at radius 3 is 2.68 bits per heavy atom. The largest absolute Gasteiger partial charge is 0.472 e. The second-order valence-corrected chi connectivity index (χ2v) is 7.71. The Morgan fingerprint density at radius 1 is 1.32 bits per heavy atom. The highest BCUT2D eigenvalue weighted by atomic mass is 19.4. The summed E-state index contributed by atoms with van der Waals surface area (Å²) in [5.74, 6) is -0.771. The summed E-state index contributed by atoms with van der Waals surface area (Å²) in [5, 5.41) is 7.23. The number of nitrogens with zero attached hydrogens (tertiary/aromatic N) is 2. The highest BCUT2D eigenvalue weighted by Crippen LogP contribution is 2.44. The van der Waals surface area contributed by atoms with E-state index in [0.717, 1.165) is 24.4 Å². The molecule has 28 heavy (non-hydrogen) atoms. The number of anilines is 2. The van der Waals surface area contributed by atoms with Gasteiger partial charge in [0.15, 0.2) is 5.76 Å². The molecule has 1 aromatic carbocycles. The summed E-state index contributed by atoms with van der Waals surface area (Å²) in [6.45, 7) is 4.01. The van der Waals surface area contributed by atoms with Crippen molar-refractivity contribution in [2.45, 2.75) is 51.2 Å². The fourth-order valence-electron chi connectivity index (χ4n) is 3.60. The number of benzene rings is 1.